The zero-order valence-corrected chi connectivity index (χ0v) is 18.0. The highest BCUT2D eigenvalue weighted by atomic mass is 127. The predicted molar refractivity (Wildman–Crippen MR) is 113 cm³/mol. The van der Waals surface area contributed by atoms with Gasteiger partial charge in [0, 0.05) is 10.3 Å². The molecular weight excluding hydrogens is 419 g/mol. The Morgan fingerprint density at radius 2 is 1.09 bits per heavy atom. The van der Waals surface area contributed by atoms with Gasteiger partial charge in [-0.05, 0) is 84.2 Å². The monoisotopic (exact) mass is 456 g/mol. The van der Waals surface area contributed by atoms with Crippen molar-refractivity contribution in [2.75, 3.05) is 49.6 Å². The van der Waals surface area contributed by atoms with Gasteiger partial charge in [-0.2, -0.15) is 0 Å². The number of piperidine rings is 2. The average Bonchev–Trinajstić information content (AvgIpc) is 2.62. The standard InChI is InChI=1S/C11H22ClN.C8H16IN/c12-8-4-1-2-5-9-13-10-6-3-7-11-13;9-5-4-8-10-6-2-1-3-7-10/h1-11H2;1-8H2. The number of rotatable bonds is 9. The van der Waals surface area contributed by atoms with Crippen LogP contribution in [0.4, 0.5) is 0 Å². The van der Waals surface area contributed by atoms with Gasteiger partial charge in [0.25, 0.3) is 0 Å². The molecule has 2 rings (SSSR count). The molecule has 0 aromatic rings. The van der Waals surface area contributed by atoms with Crippen molar-refractivity contribution in [3.05, 3.63) is 0 Å². The SMILES string of the molecule is ClCCCCCCN1CCCCC1.ICCCN1CCCCC1. The first-order valence-electron chi connectivity index (χ1n) is 9.93. The minimum absolute atomic E-state index is 0.837. The van der Waals surface area contributed by atoms with Gasteiger partial charge >= 0.3 is 0 Å². The van der Waals surface area contributed by atoms with E-state index in [-0.39, 0.29) is 0 Å². The fourth-order valence-electron chi connectivity index (χ4n) is 3.43. The summed E-state index contributed by atoms with van der Waals surface area (Å²) in [4.78, 5) is 5.21. The summed E-state index contributed by atoms with van der Waals surface area (Å²) >= 11 is 8.08. The van der Waals surface area contributed by atoms with Gasteiger partial charge in [-0.3, -0.25) is 0 Å². The number of hydrogen-bond acceptors (Lipinski definition) is 2. The Balaban J connectivity index is 0.000000238. The third kappa shape index (κ3) is 12.9. The van der Waals surface area contributed by atoms with Crippen molar-refractivity contribution >= 4 is 34.2 Å². The van der Waals surface area contributed by atoms with E-state index in [1.165, 1.54) is 114 Å². The van der Waals surface area contributed by atoms with Gasteiger partial charge in [-0.25, -0.2) is 0 Å². The first-order valence-corrected chi connectivity index (χ1v) is 12.0. The van der Waals surface area contributed by atoms with Crippen molar-refractivity contribution in [1.82, 2.24) is 9.80 Å². The normalized spacial score (nSPS) is 20.1. The van der Waals surface area contributed by atoms with Crippen LogP contribution in [0.1, 0.15) is 70.6 Å². The van der Waals surface area contributed by atoms with E-state index in [0.29, 0.717) is 0 Å². The van der Waals surface area contributed by atoms with E-state index in [1.807, 2.05) is 0 Å². The highest BCUT2D eigenvalue weighted by molar-refractivity contribution is 14.1. The number of nitrogens with zero attached hydrogens (tertiary/aromatic N) is 2. The summed E-state index contributed by atoms with van der Waals surface area (Å²) in [5.41, 5.74) is 0. The number of hydrogen-bond donors (Lipinski definition) is 0. The smallest absolute Gasteiger partial charge is 0.0223 e. The predicted octanol–water partition coefficient (Wildman–Crippen LogP) is 5.57. The van der Waals surface area contributed by atoms with Crippen LogP contribution >= 0.6 is 34.2 Å². The summed E-state index contributed by atoms with van der Waals surface area (Å²) in [6.07, 6.45) is 15.2. The third-order valence-corrected chi connectivity index (χ3v) is 5.89. The Morgan fingerprint density at radius 1 is 0.609 bits per heavy atom. The van der Waals surface area contributed by atoms with Crippen LogP contribution in [0.15, 0.2) is 0 Å². The van der Waals surface area contributed by atoms with Crippen LogP contribution in [0.5, 0.6) is 0 Å². The molecule has 2 nitrogen and oxygen atoms in total. The molecule has 2 saturated heterocycles. The molecule has 138 valence electrons. The van der Waals surface area contributed by atoms with Gasteiger partial charge in [0.1, 0.15) is 0 Å². The lowest BCUT2D eigenvalue weighted by Crippen LogP contribution is -2.30. The van der Waals surface area contributed by atoms with E-state index < -0.39 is 0 Å². The largest absolute Gasteiger partial charge is 0.303 e. The minimum atomic E-state index is 0.837. The Labute approximate surface area is 163 Å². The van der Waals surface area contributed by atoms with Crippen LogP contribution in [0, 0.1) is 0 Å². The fourth-order valence-corrected chi connectivity index (χ4v) is 3.96. The molecule has 0 N–H and O–H groups in total. The first kappa shape index (κ1) is 22.0. The molecule has 0 aliphatic carbocycles. The topological polar surface area (TPSA) is 6.48 Å². The molecule has 0 saturated carbocycles. The highest BCUT2D eigenvalue weighted by Crippen LogP contribution is 2.10. The Hall–Kier alpha value is 0.940. The van der Waals surface area contributed by atoms with Gasteiger partial charge in [0.05, 0.1) is 0 Å². The summed E-state index contributed by atoms with van der Waals surface area (Å²) in [5, 5.41) is 0. The van der Waals surface area contributed by atoms with E-state index in [0.717, 1.165) is 5.88 Å². The Bertz CT molecular complexity index is 242. The lowest BCUT2D eigenvalue weighted by atomic mass is 10.1. The number of alkyl halides is 2. The first-order chi connectivity index (χ1) is 11.4. The maximum Gasteiger partial charge on any atom is 0.0223 e. The van der Waals surface area contributed by atoms with E-state index >= 15 is 0 Å². The quantitative estimate of drug-likeness (QED) is 0.254. The minimum Gasteiger partial charge on any atom is -0.303 e. The number of halogens is 2. The highest BCUT2D eigenvalue weighted by Gasteiger charge is 2.09. The molecule has 0 amide bonds. The molecule has 0 bridgehead atoms. The zero-order valence-electron chi connectivity index (χ0n) is 15.1. The lowest BCUT2D eigenvalue weighted by Gasteiger charge is -2.26. The number of likely N-dealkylation sites (tertiary alicyclic amines) is 2. The zero-order chi connectivity index (χ0) is 16.6. The molecule has 0 aromatic heterocycles. The van der Waals surface area contributed by atoms with Crippen LogP contribution in [0.25, 0.3) is 0 Å². The second-order valence-corrected chi connectivity index (χ2v) is 8.41. The average molecular weight is 457 g/mol. The maximum absolute atomic E-state index is 5.62. The Morgan fingerprint density at radius 3 is 1.57 bits per heavy atom. The summed E-state index contributed by atoms with van der Waals surface area (Å²) in [6.45, 7) is 8.06. The van der Waals surface area contributed by atoms with Gasteiger partial charge in [0.15, 0.2) is 0 Å². The van der Waals surface area contributed by atoms with E-state index in [2.05, 4.69) is 32.4 Å². The summed E-state index contributed by atoms with van der Waals surface area (Å²) in [5.74, 6) is 0.837. The molecule has 2 aliphatic heterocycles. The Kier molecular flexibility index (Phi) is 15.7. The molecule has 0 spiro atoms. The van der Waals surface area contributed by atoms with Gasteiger partial charge < -0.3 is 9.80 Å². The molecule has 0 unspecified atom stereocenters. The van der Waals surface area contributed by atoms with Gasteiger partial charge in [-0.15, -0.1) is 11.6 Å². The van der Waals surface area contributed by atoms with Crippen molar-refractivity contribution in [2.24, 2.45) is 0 Å². The van der Waals surface area contributed by atoms with Crippen LogP contribution in [-0.2, 0) is 0 Å². The molecule has 0 atom stereocenters. The van der Waals surface area contributed by atoms with E-state index in [9.17, 15) is 0 Å². The molecule has 2 heterocycles. The van der Waals surface area contributed by atoms with Crippen LogP contribution in [-0.4, -0.2) is 59.4 Å². The molecule has 2 aliphatic rings. The molecular formula is C19H38ClIN2. The van der Waals surface area contributed by atoms with Gasteiger partial charge in [-0.1, -0.05) is 48.3 Å². The second-order valence-electron chi connectivity index (χ2n) is 6.95. The third-order valence-electron chi connectivity index (χ3n) is 4.86. The summed E-state index contributed by atoms with van der Waals surface area (Å²) < 4.78 is 1.31. The molecule has 0 aromatic carbocycles. The molecule has 23 heavy (non-hydrogen) atoms. The fraction of sp³-hybridized carbons (Fsp3) is 1.00. The van der Waals surface area contributed by atoms with Gasteiger partial charge in [0.2, 0.25) is 0 Å². The second kappa shape index (κ2) is 16.4. The van der Waals surface area contributed by atoms with E-state index in [1.54, 1.807) is 0 Å². The van der Waals surface area contributed by atoms with Crippen molar-refractivity contribution < 1.29 is 0 Å². The summed E-state index contributed by atoms with van der Waals surface area (Å²) in [7, 11) is 0. The van der Waals surface area contributed by atoms with Crippen LogP contribution < -0.4 is 0 Å². The van der Waals surface area contributed by atoms with Crippen molar-refractivity contribution in [3.8, 4) is 0 Å². The van der Waals surface area contributed by atoms with Crippen molar-refractivity contribution in [3.63, 3.8) is 0 Å². The van der Waals surface area contributed by atoms with Crippen molar-refractivity contribution in [2.45, 2.75) is 70.6 Å². The summed E-state index contributed by atoms with van der Waals surface area (Å²) in [6, 6.07) is 0. The molecule has 2 fully saturated rings. The van der Waals surface area contributed by atoms with Crippen LogP contribution in [0.2, 0.25) is 0 Å². The molecule has 0 radical (unpaired) electrons. The van der Waals surface area contributed by atoms with Crippen LogP contribution in [0.3, 0.4) is 0 Å². The van der Waals surface area contributed by atoms with Crippen molar-refractivity contribution in [1.29, 1.82) is 0 Å². The number of unbranched alkanes of at least 4 members (excludes halogenated alkanes) is 3. The molecule has 4 heteroatoms. The lowest BCUT2D eigenvalue weighted by molar-refractivity contribution is 0.224. The maximum atomic E-state index is 5.62. The van der Waals surface area contributed by atoms with E-state index in [4.69, 9.17) is 11.6 Å².